The van der Waals surface area contributed by atoms with Gasteiger partial charge in [-0.25, -0.2) is 0 Å². The molecule has 2 aromatic rings. The Hall–Kier alpha value is -1.74. The van der Waals surface area contributed by atoms with Gasteiger partial charge >= 0.3 is 0 Å². The third-order valence-corrected chi connectivity index (χ3v) is 4.22. The molecule has 6 nitrogen and oxygen atoms in total. The molecular weight excluding hydrogens is 453 g/mol. The van der Waals surface area contributed by atoms with E-state index in [0.717, 1.165) is 36.9 Å². The lowest BCUT2D eigenvalue weighted by molar-refractivity contribution is 0.295. The Morgan fingerprint density at radius 2 is 1.85 bits per heavy atom. The van der Waals surface area contributed by atoms with Crippen molar-refractivity contribution in [2.24, 2.45) is 4.99 Å². The lowest BCUT2D eigenvalue weighted by atomic mass is 10.0. The van der Waals surface area contributed by atoms with Crippen molar-refractivity contribution in [2.45, 2.75) is 19.5 Å². The van der Waals surface area contributed by atoms with Crippen LogP contribution in [0.5, 0.6) is 5.75 Å². The number of benzene rings is 1. The summed E-state index contributed by atoms with van der Waals surface area (Å²) in [7, 11) is 5.85. The Labute approximate surface area is 180 Å². The molecular formula is C20H32IN5O. The summed E-state index contributed by atoms with van der Waals surface area (Å²) in [5, 5.41) is 6.72. The molecule has 1 aromatic heterocycles. The molecule has 2 N–H and O–H groups in total. The maximum atomic E-state index is 5.53. The second kappa shape index (κ2) is 12.6. The van der Waals surface area contributed by atoms with Crippen LogP contribution >= 0.6 is 24.0 Å². The van der Waals surface area contributed by atoms with E-state index in [4.69, 9.17) is 9.73 Å². The summed E-state index contributed by atoms with van der Waals surface area (Å²) in [5.74, 6) is 1.73. The van der Waals surface area contributed by atoms with Gasteiger partial charge in [0.2, 0.25) is 0 Å². The molecule has 1 atom stereocenters. The summed E-state index contributed by atoms with van der Waals surface area (Å²) in [6, 6.07) is 12.3. The summed E-state index contributed by atoms with van der Waals surface area (Å²) < 4.78 is 7.67. The van der Waals surface area contributed by atoms with Crippen LogP contribution in [0.3, 0.4) is 0 Å². The number of methoxy groups -OCH3 is 1. The third kappa shape index (κ3) is 7.42. The van der Waals surface area contributed by atoms with E-state index < -0.39 is 0 Å². The van der Waals surface area contributed by atoms with Gasteiger partial charge in [0.25, 0.3) is 0 Å². The molecule has 1 aromatic carbocycles. The molecule has 0 saturated carbocycles. The molecule has 0 aliphatic rings. The number of hydrogen-bond acceptors (Lipinski definition) is 3. The highest BCUT2D eigenvalue weighted by Crippen LogP contribution is 2.28. The number of nitrogens with zero attached hydrogens (tertiary/aromatic N) is 3. The lowest BCUT2D eigenvalue weighted by Gasteiger charge is -2.25. The fraction of sp³-hybridized carbons (Fsp3) is 0.450. The average Bonchev–Trinajstić information content (AvgIpc) is 3.15. The first kappa shape index (κ1) is 23.3. The molecule has 2 rings (SSSR count). The van der Waals surface area contributed by atoms with E-state index in [2.05, 4.69) is 59.6 Å². The number of aliphatic imine (C=N–C) groups is 1. The number of para-hydroxylation sites is 1. The third-order valence-electron chi connectivity index (χ3n) is 4.22. The fourth-order valence-electron chi connectivity index (χ4n) is 2.82. The van der Waals surface area contributed by atoms with Crippen molar-refractivity contribution in [3.63, 3.8) is 0 Å². The first-order chi connectivity index (χ1) is 12.7. The smallest absolute Gasteiger partial charge is 0.191 e. The quantitative estimate of drug-likeness (QED) is 0.326. The first-order valence-electron chi connectivity index (χ1n) is 9.08. The molecule has 7 heteroatoms. The molecule has 150 valence electrons. The molecule has 0 fully saturated rings. The molecule has 0 bridgehead atoms. The summed E-state index contributed by atoms with van der Waals surface area (Å²) in [6.45, 7) is 5.28. The van der Waals surface area contributed by atoms with E-state index >= 15 is 0 Å². The second-order valence-electron chi connectivity index (χ2n) is 6.29. The lowest BCUT2D eigenvalue weighted by Crippen LogP contribution is -2.39. The zero-order chi connectivity index (χ0) is 18.8. The van der Waals surface area contributed by atoms with Gasteiger partial charge in [-0.05, 0) is 39.2 Å². The van der Waals surface area contributed by atoms with Crippen LogP contribution in [0, 0.1) is 0 Å². The van der Waals surface area contributed by atoms with Gasteiger partial charge in [0.05, 0.1) is 19.7 Å². The van der Waals surface area contributed by atoms with Gasteiger partial charge < -0.3 is 24.8 Å². The number of hydrogen-bond donors (Lipinski definition) is 2. The monoisotopic (exact) mass is 485 g/mol. The topological polar surface area (TPSA) is 53.8 Å². The average molecular weight is 485 g/mol. The highest BCUT2D eigenvalue weighted by Gasteiger charge is 2.18. The largest absolute Gasteiger partial charge is 0.496 e. The van der Waals surface area contributed by atoms with Gasteiger partial charge in [-0.15, -0.1) is 24.0 Å². The highest BCUT2D eigenvalue weighted by atomic mass is 127. The Kier molecular flexibility index (Phi) is 10.9. The van der Waals surface area contributed by atoms with E-state index in [1.54, 1.807) is 7.11 Å². The summed E-state index contributed by atoms with van der Waals surface area (Å²) in [6.07, 6.45) is 4.13. The van der Waals surface area contributed by atoms with E-state index in [0.29, 0.717) is 6.54 Å². The standard InChI is InChI=1S/C20H31N5O.HI/c1-5-21-20(22-12-15-25-13-8-9-14-25)23-16-18(24(2)3)17-10-6-7-11-19(17)26-4;/h6-11,13-14,18H,5,12,15-16H2,1-4H3,(H2,21,22,23);1H. The fourth-order valence-corrected chi connectivity index (χ4v) is 2.82. The van der Waals surface area contributed by atoms with Crippen molar-refractivity contribution < 1.29 is 4.74 Å². The number of halogens is 1. The number of rotatable bonds is 9. The van der Waals surface area contributed by atoms with Crippen molar-refractivity contribution >= 4 is 29.9 Å². The van der Waals surface area contributed by atoms with Crippen LogP contribution in [0.2, 0.25) is 0 Å². The Morgan fingerprint density at radius 1 is 1.15 bits per heavy atom. The number of ether oxygens (including phenoxy) is 1. The van der Waals surface area contributed by atoms with E-state index in [1.807, 2.05) is 30.3 Å². The van der Waals surface area contributed by atoms with Gasteiger partial charge in [0.15, 0.2) is 5.96 Å². The van der Waals surface area contributed by atoms with Crippen molar-refractivity contribution in [3.8, 4) is 5.75 Å². The van der Waals surface area contributed by atoms with E-state index in [-0.39, 0.29) is 30.0 Å². The minimum atomic E-state index is 0. The minimum Gasteiger partial charge on any atom is -0.496 e. The molecule has 1 heterocycles. The van der Waals surface area contributed by atoms with Crippen LogP contribution in [-0.4, -0.2) is 56.3 Å². The number of likely N-dealkylation sites (N-methyl/N-ethyl adjacent to an activating group) is 1. The van der Waals surface area contributed by atoms with Crippen LogP contribution in [-0.2, 0) is 6.54 Å². The van der Waals surface area contributed by atoms with Gasteiger partial charge in [-0.3, -0.25) is 4.99 Å². The van der Waals surface area contributed by atoms with Gasteiger partial charge in [-0.1, -0.05) is 18.2 Å². The molecule has 0 radical (unpaired) electrons. The Bertz CT molecular complexity index is 673. The van der Waals surface area contributed by atoms with E-state index in [9.17, 15) is 0 Å². The first-order valence-corrected chi connectivity index (χ1v) is 9.08. The summed E-state index contributed by atoms with van der Waals surface area (Å²) in [4.78, 5) is 6.96. The number of guanidine groups is 1. The predicted octanol–water partition coefficient (Wildman–Crippen LogP) is 2.97. The van der Waals surface area contributed by atoms with Crippen LogP contribution in [0.1, 0.15) is 18.5 Å². The van der Waals surface area contributed by atoms with Gasteiger partial charge in [0.1, 0.15) is 5.75 Å². The maximum absolute atomic E-state index is 5.53. The SMILES string of the molecule is CCNC(=NCC(c1ccccc1OC)N(C)C)NCCn1cccc1.I. The zero-order valence-corrected chi connectivity index (χ0v) is 19.0. The van der Waals surface area contributed by atoms with Gasteiger partial charge in [-0.2, -0.15) is 0 Å². The number of nitrogens with one attached hydrogen (secondary N) is 2. The van der Waals surface area contributed by atoms with Crippen molar-refractivity contribution in [1.29, 1.82) is 0 Å². The molecule has 1 unspecified atom stereocenters. The second-order valence-corrected chi connectivity index (χ2v) is 6.29. The van der Waals surface area contributed by atoms with Crippen molar-refractivity contribution in [1.82, 2.24) is 20.1 Å². The molecule has 0 amide bonds. The molecule has 0 spiro atoms. The van der Waals surface area contributed by atoms with Crippen molar-refractivity contribution in [3.05, 3.63) is 54.4 Å². The van der Waals surface area contributed by atoms with Crippen LogP contribution in [0.4, 0.5) is 0 Å². The molecule has 0 saturated heterocycles. The van der Waals surface area contributed by atoms with Crippen LogP contribution in [0.15, 0.2) is 53.8 Å². The zero-order valence-electron chi connectivity index (χ0n) is 16.7. The maximum Gasteiger partial charge on any atom is 0.191 e. The Balaban J connectivity index is 0.00000364. The molecule has 27 heavy (non-hydrogen) atoms. The van der Waals surface area contributed by atoms with Gasteiger partial charge in [0, 0.05) is 37.6 Å². The minimum absolute atomic E-state index is 0. The molecule has 0 aliphatic heterocycles. The highest BCUT2D eigenvalue weighted by molar-refractivity contribution is 14.0. The number of aromatic nitrogens is 1. The van der Waals surface area contributed by atoms with Crippen molar-refractivity contribution in [2.75, 3.05) is 40.8 Å². The van der Waals surface area contributed by atoms with E-state index in [1.165, 1.54) is 0 Å². The predicted molar refractivity (Wildman–Crippen MR) is 123 cm³/mol. The normalized spacial score (nSPS) is 12.4. The van der Waals surface area contributed by atoms with Crippen LogP contribution in [0.25, 0.3) is 0 Å². The molecule has 0 aliphatic carbocycles. The summed E-state index contributed by atoms with van der Waals surface area (Å²) in [5.41, 5.74) is 1.15. The van der Waals surface area contributed by atoms with Crippen LogP contribution < -0.4 is 15.4 Å². The summed E-state index contributed by atoms with van der Waals surface area (Å²) >= 11 is 0. The Morgan fingerprint density at radius 3 is 2.48 bits per heavy atom.